The lowest BCUT2D eigenvalue weighted by molar-refractivity contribution is -0.132. The third-order valence-corrected chi connectivity index (χ3v) is 7.78. The summed E-state index contributed by atoms with van der Waals surface area (Å²) in [4.78, 5) is 32.6. The number of hydrogen-bond donors (Lipinski definition) is 2. The number of benzene rings is 3. The van der Waals surface area contributed by atoms with E-state index in [1.54, 1.807) is 49.6 Å². The van der Waals surface area contributed by atoms with Gasteiger partial charge in [0.15, 0.2) is 5.13 Å². The van der Waals surface area contributed by atoms with E-state index in [4.69, 9.17) is 4.74 Å². The number of carbonyl (C=O) groups is 2. The largest absolute Gasteiger partial charge is 0.508 e. The van der Waals surface area contributed by atoms with Crippen molar-refractivity contribution in [2.45, 2.75) is 13.0 Å². The highest BCUT2D eigenvalue weighted by atomic mass is 79.9. The molecule has 1 saturated heterocycles. The van der Waals surface area contributed by atoms with E-state index in [0.29, 0.717) is 27.5 Å². The Morgan fingerprint density at radius 3 is 2.51 bits per heavy atom. The molecule has 35 heavy (non-hydrogen) atoms. The topological polar surface area (TPSA) is 100.0 Å². The van der Waals surface area contributed by atoms with Crippen molar-refractivity contribution >= 4 is 60.1 Å². The maximum absolute atomic E-state index is 13.3. The number of fused-ring (bicyclic) bond motifs is 1. The molecule has 1 aliphatic heterocycles. The second-order valence-corrected chi connectivity index (χ2v) is 9.92. The molecule has 0 radical (unpaired) electrons. The van der Waals surface area contributed by atoms with E-state index in [-0.39, 0.29) is 17.1 Å². The Kier molecular flexibility index (Phi) is 5.82. The van der Waals surface area contributed by atoms with Gasteiger partial charge in [0.05, 0.1) is 28.9 Å². The number of nitrogens with zero attached hydrogens (tertiary/aromatic N) is 2. The van der Waals surface area contributed by atoms with Crippen molar-refractivity contribution in [1.82, 2.24) is 4.98 Å². The first-order valence-corrected chi connectivity index (χ1v) is 12.2. The number of hydrogen-bond acceptors (Lipinski definition) is 7. The molecule has 1 fully saturated rings. The molecule has 0 bridgehead atoms. The number of anilines is 1. The number of carbonyl (C=O) groups excluding carboxylic acids is 2. The van der Waals surface area contributed by atoms with E-state index in [2.05, 4.69) is 20.9 Å². The van der Waals surface area contributed by atoms with E-state index in [1.807, 2.05) is 13.0 Å². The van der Waals surface area contributed by atoms with Crippen LogP contribution >= 0.6 is 27.3 Å². The smallest absolute Gasteiger partial charge is 0.301 e. The predicted octanol–water partition coefficient (Wildman–Crippen LogP) is 5.71. The van der Waals surface area contributed by atoms with Gasteiger partial charge in [-0.15, -0.1) is 0 Å². The number of aliphatic hydroxyl groups is 1. The van der Waals surface area contributed by atoms with Gasteiger partial charge in [-0.3, -0.25) is 14.5 Å². The molecule has 9 heteroatoms. The van der Waals surface area contributed by atoms with Gasteiger partial charge >= 0.3 is 5.91 Å². The zero-order valence-electron chi connectivity index (χ0n) is 18.7. The molecule has 0 aliphatic carbocycles. The van der Waals surface area contributed by atoms with Crippen LogP contribution < -0.4 is 9.64 Å². The second kappa shape index (κ2) is 8.83. The number of aryl methyl sites for hydroxylation is 1. The first kappa shape index (κ1) is 23.1. The van der Waals surface area contributed by atoms with E-state index >= 15 is 0 Å². The Bertz CT molecular complexity index is 1530. The van der Waals surface area contributed by atoms with Crippen molar-refractivity contribution in [3.63, 3.8) is 0 Å². The number of ether oxygens (including phenoxy) is 1. The maximum Gasteiger partial charge on any atom is 0.301 e. The Hall–Kier alpha value is -3.69. The van der Waals surface area contributed by atoms with Crippen LogP contribution in [0.3, 0.4) is 0 Å². The highest BCUT2D eigenvalue weighted by Gasteiger charge is 2.48. The Morgan fingerprint density at radius 1 is 1.09 bits per heavy atom. The zero-order valence-corrected chi connectivity index (χ0v) is 21.1. The highest BCUT2D eigenvalue weighted by molar-refractivity contribution is 9.10. The summed E-state index contributed by atoms with van der Waals surface area (Å²) in [6.45, 7) is 1.87. The number of thiazole rings is 1. The summed E-state index contributed by atoms with van der Waals surface area (Å²) in [5, 5.41) is 21.4. The van der Waals surface area contributed by atoms with Crippen LogP contribution in [-0.2, 0) is 9.59 Å². The molecule has 3 aromatic carbocycles. The number of aromatic nitrogens is 1. The average molecular weight is 551 g/mol. The lowest BCUT2D eigenvalue weighted by Gasteiger charge is -2.23. The fraction of sp³-hybridized carbons (Fsp3) is 0.115. The summed E-state index contributed by atoms with van der Waals surface area (Å²) in [5.41, 5.74) is 2.44. The molecule has 2 heterocycles. The Balaban J connectivity index is 1.72. The summed E-state index contributed by atoms with van der Waals surface area (Å²) in [6, 6.07) is 15.8. The number of ketones is 1. The SMILES string of the molecule is COc1ccc2nc(N3C(=O)C(=O)/C(=C(/O)c4ccc(Br)c(C)c4)C3c3ccc(O)cc3)sc2c1. The normalized spacial score (nSPS) is 17.3. The van der Waals surface area contributed by atoms with E-state index < -0.39 is 17.7 Å². The molecule has 1 aromatic heterocycles. The number of Topliss-reactive ketones (excluding diaryl/α,β-unsaturated/α-hetero) is 1. The summed E-state index contributed by atoms with van der Waals surface area (Å²) >= 11 is 4.69. The van der Waals surface area contributed by atoms with E-state index in [1.165, 1.54) is 28.4 Å². The van der Waals surface area contributed by atoms with Gasteiger partial charge in [0.25, 0.3) is 5.78 Å². The number of aromatic hydroxyl groups is 1. The van der Waals surface area contributed by atoms with Gasteiger partial charge in [-0.05, 0) is 60.5 Å². The highest BCUT2D eigenvalue weighted by Crippen LogP contribution is 2.45. The van der Waals surface area contributed by atoms with Crippen LogP contribution in [0.4, 0.5) is 5.13 Å². The van der Waals surface area contributed by atoms with Crippen LogP contribution in [0.1, 0.15) is 22.7 Å². The van der Waals surface area contributed by atoms with Crippen molar-refractivity contribution in [2.75, 3.05) is 12.0 Å². The van der Waals surface area contributed by atoms with Crippen LogP contribution in [0.5, 0.6) is 11.5 Å². The average Bonchev–Trinajstić information content (AvgIpc) is 3.38. The number of phenols is 1. The summed E-state index contributed by atoms with van der Waals surface area (Å²) in [6.07, 6.45) is 0. The molecule has 1 unspecified atom stereocenters. The monoisotopic (exact) mass is 550 g/mol. The molecular weight excluding hydrogens is 532 g/mol. The van der Waals surface area contributed by atoms with Crippen LogP contribution in [-0.4, -0.2) is 34.0 Å². The van der Waals surface area contributed by atoms with E-state index in [9.17, 15) is 19.8 Å². The molecule has 176 valence electrons. The minimum Gasteiger partial charge on any atom is -0.508 e. The van der Waals surface area contributed by atoms with Crippen LogP contribution in [0, 0.1) is 6.92 Å². The molecule has 0 spiro atoms. The first-order valence-electron chi connectivity index (χ1n) is 10.6. The van der Waals surface area contributed by atoms with Gasteiger partial charge in [-0.2, -0.15) is 0 Å². The van der Waals surface area contributed by atoms with Crippen LogP contribution in [0.25, 0.3) is 16.0 Å². The molecular formula is C26H19BrN2O5S. The number of rotatable bonds is 4. The number of methoxy groups -OCH3 is 1. The van der Waals surface area contributed by atoms with Gasteiger partial charge in [0.2, 0.25) is 0 Å². The van der Waals surface area contributed by atoms with Gasteiger partial charge in [-0.25, -0.2) is 4.98 Å². The van der Waals surface area contributed by atoms with E-state index in [0.717, 1.165) is 14.7 Å². The molecule has 4 aromatic rings. The minimum atomic E-state index is -0.929. The predicted molar refractivity (Wildman–Crippen MR) is 138 cm³/mol. The molecule has 0 saturated carbocycles. The van der Waals surface area contributed by atoms with Gasteiger partial charge in [0, 0.05) is 10.0 Å². The van der Waals surface area contributed by atoms with Crippen molar-refractivity contribution in [1.29, 1.82) is 0 Å². The fourth-order valence-corrected chi connectivity index (χ4v) is 5.34. The van der Waals surface area contributed by atoms with Crippen LogP contribution in [0.15, 0.2) is 70.7 Å². The summed E-state index contributed by atoms with van der Waals surface area (Å²) in [5.74, 6) is -1.18. The minimum absolute atomic E-state index is 0.0424. The molecule has 2 N–H and O–H groups in total. The fourth-order valence-electron chi connectivity index (χ4n) is 4.07. The lowest BCUT2D eigenvalue weighted by atomic mass is 9.95. The number of phenolic OH excluding ortho intramolecular Hbond substituents is 1. The Morgan fingerprint density at radius 2 is 1.83 bits per heavy atom. The molecule has 1 aliphatic rings. The third-order valence-electron chi connectivity index (χ3n) is 5.88. The number of amides is 1. The molecule has 1 atom stereocenters. The number of aliphatic hydroxyl groups excluding tert-OH is 1. The second-order valence-electron chi connectivity index (χ2n) is 8.05. The summed E-state index contributed by atoms with van der Waals surface area (Å²) < 4.78 is 6.93. The van der Waals surface area contributed by atoms with Gasteiger partial charge in [-0.1, -0.05) is 45.5 Å². The molecule has 1 amide bonds. The maximum atomic E-state index is 13.3. The van der Waals surface area contributed by atoms with Gasteiger partial charge in [0.1, 0.15) is 17.3 Å². The van der Waals surface area contributed by atoms with Crippen molar-refractivity contribution in [2.24, 2.45) is 0 Å². The quantitative estimate of drug-likeness (QED) is 0.192. The third kappa shape index (κ3) is 3.96. The lowest BCUT2D eigenvalue weighted by Crippen LogP contribution is -2.29. The molecule has 7 nitrogen and oxygen atoms in total. The van der Waals surface area contributed by atoms with Crippen molar-refractivity contribution in [3.05, 3.63) is 87.4 Å². The first-order chi connectivity index (χ1) is 16.8. The van der Waals surface area contributed by atoms with Crippen molar-refractivity contribution < 1.29 is 24.5 Å². The molecule has 5 rings (SSSR count). The summed E-state index contributed by atoms with van der Waals surface area (Å²) in [7, 11) is 1.57. The number of halogens is 1. The van der Waals surface area contributed by atoms with Crippen LogP contribution in [0.2, 0.25) is 0 Å². The van der Waals surface area contributed by atoms with Gasteiger partial charge < -0.3 is 14.9 Å². The zero-order chi connectivity index (χ0) is 24.9. The Labute approximate surface area is 213 Å². The van der Waals surface area contributed by atoms with Crippen molar-refractivity contribution in [3.8, 4) is 11.5 Å². The standard InChI is InChI=1S/C26H19BrN2O5S/c1-13-11-15(5-9-18(13)27)23(31)21-22(14-3-6-16(30)7-4-14)29(25(33)24(21)32)26-28-19-10-8-17(34-2)12-20(19)35-26/h3-12,22,30-31H,1-2H3/b23-21+.